The summed E-state index contributed by atoms with van der Waals surface area (Å²) in [5.74, 6) is 2.98. The lowest BCUT2D eigenvalue weighted by molar-refractivity contribution is 0.383. The molecule has 0 N–H and O–H groups in total. The molecule has 0 spiro atoms. The highest BCUT2D eigenvalue weighted by Gasteiger charge is 2.50. The summed E-state index contributed by atoms with van der Waals surface area (Å²) in [5.41, 5.74) is 13.8. The smallest absolute Gasteiger partial charge is 0.0649 e. The lowest BCUT2D eigenvalue weighted by Gasteiger charge is -2.39. The molecule has 6 atom stereocenters. The van der Waals surface area contributed by atoms with Gasteiger partial charge >= 0.3 is 0 Å². The fourth-order valence-electron chi connectivity index (χ4n) is 8.00. The van der Waals surface area contributed by atoms with Crippen LogP contribution in [-0.2, 0) is 0 Å². The van der Waals surface area contributed by atoms with Crippen molar-refractivity contribution >= 4 is 5.71 Å². The maximum absolute atomic E-state index is 5.52. The van der Waals surface area contributed by atoms with Crippen molar-refractivity contribution in [3.63, 3.8) is 0 Å². The molecule has 0 heterocycles. The van der Waals surface area contributed by atoms with Crippen molar-refractivity contribution in [1.82, 2.24) is 0 Å². The van der Waals surface area contributed by atoms with E-state index in [0.717, 1.165) is 37.8 Å². The maximum atomic E-state index is 5.52. The fourth-order valence-corrected chi connectivity index (χ4v) is 8.00. The summed E-state index contributed by atoms with van der Waals surface area (Å²) in [6, 6.07) is 0.175. The Labute approximate surface area is 260 Å². The number of fused-ring (bicyclic) bond motifs is 1. The minimum Gasteiger partial charge on any atom is -0.281 e. The van der Waals surface area contributed by atoms with Crippen LogP contribution < -0.4 is 0 Å². The number of allylic oxidation sites excluding steroid dienone is 22. The van der Waals surface area contributed by atoms with Crippen LogP contribution >= 0.6 is 0 Å². The van der Waals surface area contributed by atoms with Crippen LogP contribution in [0, 0.1) is 29.6 Å². The Morgan fingerprint density at radius 1 is 0.977 bits per heavy atom. The number of nitrogens with zero attached hydrogens (tertiary/aromatic N) is 1. The maximum Gasteiger partial charge on any atom is 0.0649 e. The van der Waals surface area contributed by atoms with Gasteiger partial charge in [0.15, 0.2) is 0 Å². The molecule has 6 unspecified atom stereocenters. The second-order valence-electron chi connectivity index (χ2n) is 13.6. The Balaban J connectivity index is 1.28. The SMILES string of the molecule is C=C(C)C1CC2/C=C\C=C(/C3=CC=CC(C(C)/N=C(\C=C(/C)C4=CC=CCC4)C4=CCCC(/C(C)=C/C)=C4)C3)C3=CC2C31. The van der Waals surface area contributed by atoms with Crippen LogP contribution in [0.3, 0.4) is 0 Å². The van der Waals surface area contributed by atoms with Crippen LogP contribution in [0.5, 0.6) is 0 Å². The molecule has 2 bridgehead atoms. The fraction of sp³-hybridized carbons (Fsp3) is 0.405. The van der Waals surface area contributed by atoms with Crippen LogP contribution in [0.4, 0.5) is 0 Å². The van der Waals surface area contributed by atoms with E-state index in [9.17, 15) is 0 Å². The van der Waals surface area contributed by atoms with Crippen molar-refractivity contribution in [2.45, 2.75) is 79.2 Å². The molecular formula is C42H49N. The molecule has 0 saturated heterocycles. The van der Waals surface area contributed by atoms with E-state index in [1.54, 1.807) is 5.57 Å². The molecule has 6 aliphatic rings. The highest BCUT2D eigenvalue weighted by atomic mass is 14.8. The summed E-state index contributed by atoms with van der Waals surface area (Å²) in [7, 11) is 0. The molecule has 0 aliphatic heterocycles. The predicted octanol–water partition coefficient (Wildman–Crippen LogP) is 11.0. The Morgan fingerprint density at radius 2 is 1.79 bits per heavy atom. The number of rotatable bonds is 8. The quantitative estimate of drug-likeness (QED) is 0.204. The van der Waals surface area contributed by atoms with Crippen LogP contribution in [0.2, 0.25) is 0 Å². The largest absolute Gasteiger partial charge is 0.281 e. The third kappa shape index (κ3) is 6.01. The molecular weight excluding hydrogens is 518 g/mol. The first-order valence-electron chi connectivity index (χ1n) is 16.6. The van der Waals surface area contributed by atoms with E-state index in [1.807, 2.05) is 0 Å². The van der Waals surface area contributed by atoms with Gasteiger partial charge in [-0.05, 0) is 148 Å². The van der Waals surface area contributed by atoms with Crippen LogP contribution in [0.25, 0.3) is 0 Å². The Bertz CT molecular complexity index is 1540. The number of aliphatic imine (C=N–C) groups is 1. The molecule has 1 heteroatoms. The highest BCUT2D eigenvalue weighted by Crippen LogP contribution is 2.59. The van der Waals surface area contributed by atoms with Gasteiger partial charge in [0.05, 0.1) is 11.8 Å². The normalized spacial score (nSPS) is 33.0. The minimum absolute atomic E-state index is 0.175. The van der Waals surface area contributed by atoms with Gasteiger partial charge in [-0.1, -0.05) is 90.6 Å². The lowest BCUT2D eigenvalue weighted by atomic mass is 9.65. The summed E-state index contributed by atoms with van der Waals surface area (Å²) in [6.07, 6.45) is 39.6. The number of hydrogen-bond acceptors (Lipinski definition) is 1. The standard InChI is InChI=1S/C42H49N/c1-7-28(4)32-16-11-20-36(23-32)41(22-29(5)31-14-9-8-10-15-31)43-30(6)33-17-12-18-34(24-33)37-21-13-19-35-25-38(27(2)3)42-39(35)26-40(37)42/h7-9,12-14,17-23,26,30,33,35,38-39,42H,2,10-11,15-16,24-25H2,1,3-6H3/b19-13-,28-7+,29-22+,37-21+,43-41+. The van der Waals surface area contributed by atoms with E-state index < -0.39 is 0 Å². The first kappa shape index (κ1) is 29.6. The lowest BCUT2D eigenvalue weighted by Crippen LogP contribution is -2.30. The van der Waals surface area contributed by atoms with Gasteiger partial charge in [0.2, 0.25) is 0 Å². The molecule has 0 aromatic rings. The minimum atomic E-state index is 0.175. The zero-order chi connectivity index (χ0) is 30.1. The average Bonchev–Trinajstić information content (AvgIpc) is 3.32. The molecule has 1 nitrogen and oxygen atoms in total. The molecule has 6 rings (SSSR count). The third-order valence-corrected chi connectivity index (χ3v) is 10.8. The van der Waals surface area contributed by atoms with Crippen LogP contribution in [0.15, 0.2) is 147 Å². The van der Waals surface area contributed by atoms with Gasteiger partial charge in [-0.2, -0.15) is 0 Å². The molecule has 1 fully saturated rings. The Morgan fingerprint density at radius 3 is 2.56 bits per heavy atom. The summed E-state index contributed by atoms with van der Waals surface area (Å²) >= 11 is 0. The van der Waals surface area contributed by atoms with Gasteiger partial charge in [-0.3, -0.25) is 4.99 Å². The van der Waals surface area contributed by atoms with Gasteiger partial charge < -0.3 is 0 Å². The van der Waals surface area contributed by atoms with Gasteiger partial charge in [0, 0.05) is 5.92 Å². The number of hydrogen-bond donors (Lipinski definition) is 0. The molecule has 0 radical (unpaired) electrons. The van der Waals surface area contributed by atoms with E-state index in [0.29, 0.717) is 29.6 Å². The topological polar surface area (TPSA) is 12.4 Å². The van der Waals surface area contributed by atoms with Crippen molar-refractivity contribution < 1.29 is 0 Å². The molecule has 222 valence electrons. The van der Waals surface area contributed by atoms with Crippen LogP contribution in [0.1, 0.15) is 73.1 Å². The summed E-state index contributed by atoms with van der Waals surface area (Å²) < 4.78 is 0. The van der Waals surface area contributed by atoms with Gasteiger partial charge in [0.1, 0.15) is 0 Å². The predicted molar refractivity (Wildman–Crippen MR) is 186 cm³/mol. The van der Waals surface area contributed by atoms with Crippen LogP contribution in [-0.4, -0.2) is 11.8 Å². The van der Waals surface area contributed by atoms with E-state index in [4.69, 9.17) is 4.99 Å². The second kappa shape index (κ2) is 12.7. The summed E-state index contributed by atoms with van der Waals surface area (Å²) in [6.45, 7) is 15.6. The van der Waals surface area contributed by atoms with Crippen molar-refractivity contribution in [2.24, 2.45) is 34.6 Å². The summed E-state index contributed by atoms with van der Waals surface area (Å²) in [4.78, 5) is 5.52. The second-order valence-corrected chi connectivity index (χ2v) is 13.6. The first-order valence-corrected chi connectivity index (χ1v) is 16.6. The monoisotopic (exact) mass is 567 g/mol. The third-order valence-electron chi connectivity index (χ3n) is 10.8. The average molecular weight is 568 g/mol. The highest BCUT2D eigenvalue weighted by molar-refractivity contribution is 6.11. The molecule has 6 aliphatic carbocycles. The van der Waals surface area contributed by atoms with Crippen molar-refractivity contribution in [2.75, 3.05) is 0 Å². The molecule has 43 heavy (non-hydrogen) atoms. The van der Waals surface area contributed by atoms with Gasteiger partial charge in [0.25, 0.3) is 0 Å². The van der Waals surface area contributed by atoms with Crippen molar-refractivity contribution in [3.8, 4) is 0 Å². The van der Waals surface area contributed by atoms with E-state index >= 15 is 0 Å². The summed E-state index contributed by atoms with van der Waals surface area (Å²) in [5, 5.41) is 0. The molecule has 1 saturated carbocycles. The van der Waals surface area contributed by atoms with E-state index in [2.05, 4.69) is 126 Å². The Kier molecular flexibility index (Phi) is 8.71. The molecule has 0 aromatic heterocycles. The zero-order valence-corrected chi connectivity index (χ0v) is 26.9. The Hall–Kier alpha value is -3.45. The van der Waals surface area contributed by atoms with Gasteiger partial charge in [-0.25, -0.2) is 0 Å². The zero-order valence-electron chi connectivity index (χ0n) is 26.9. The van der Waals surface area contributed by atoms with Crippen molar-refractivity contribution in [3.05, 3.63) is 142 Å². The first-order chi connectivity index (χ1) is 20.8. The van der Waals surface area contributed by atoms with E-state index in [-0.39, 0.29) is 6.04 Å². The van der Waals surface area contributed by atoms with Gasteiger partial charge in [-0.15, -0.1) is 0 Å². The van der Waals surface area contributed by atoms with Crippen molar-refractivity contribution in [1.29, 1.82) is 0 Å². The van der Waals surface area contributed by atoms with E-state index in [1.165, 1.54) is 51.0 Å². The molecule has 0 amide bonds. The molecule has 0 aromatic carbocycles.